The van der Waals surface area contributed by atoms with Gasteiger partial charge in [0, 0.05) is 41.0 Å². The molecule has 2 amide bonds. The number of nitrogens with zero attached hydrogens (tertiary/aromatic N) is 4. The lowest BCUT2D eigenvalue weighted by molar-refractivity contribution is -0.117. The highest BCUT2D eigenvalue weighted by atomic mass is 19.1. The molecule has 4 heterocycles. The first-order chi connectivity index (χ1) is 19.3. The molecule has 0 saturated carbocycles. The number of benzene rings is 2. The molecule has 2 aromatic heterocycles. The lowest BCUT2D eigenvalue weighted by Gasteiger charge is -2.22. The number of hydrogen-bond donors (Lipinski definition) is 2. The van der Waals surface area contributed by atoms with Crippen molar-refractivity contribution in [2.24, 2.45) is 4.99 Å². The van der Waals surface area contributed by atoms with Crippen molar-refractivity contribution in [2.75, 3.05) is 5.32 Å². The molecule has 0 saturated heterocycles. The number of benzodiazepines with no additional fused rings is 1. The molecule has 2 aliphatic rings. The van der Waals surface area contributed by atoms with Crippen LogP contribution in [0.15, 0.2) is 65.7 Å². The first kappa shape index (κ1) is 25.4. The fourth-order valence-corrected chi connectivity index (χ4v) is 5.02. The minimum atomic E-state index is -1.35. The summed E-state index contributed by atoms with van der Waals surface area (Å²) in [6.45, 7) is 6.25. The van der Waals surface area contributed by atoms with Gasteiger partial charge in [-0.25, -0.2) is 14.1 Å². The van der Waals surface area contributed by atoms with Crippen LogP contribution < -0.4 is 15.4 Å². The summed E-state index contributed by atoms with van der Waals surface area (Å²) < 4.78 is 22.6. The number of aryl methyl sites for hydroxylation is 3. The molecule has 202 valence electrons. The Morgan fingerprint density at radius 3 is 2.65 bits per heavy atom. The minimum absolute atomic E-state index is 0.00830. The van der Waals surface area contributed by atoms with E-state index in [0.717, 1.165) is 12.1 Å². The van der Waals surface area contributed by atoms with Crippen molar-refractivity contribution in [3.63, 3.8) is 0 Å². The summed E-state index contributed by atoms with van der Waals surface area (Å²) in [4.78, 5) is 36.5. The molecular weight excluding hydrogens is 511 g/mol. The standard InChI is InChI=1S/C30H27FN6O3/c1-16-12-13-20(18(3)32-16)26-23(30-37(36-26)15-14-17(2)40-30)28(38)35-27-29(39)34-25-21(10-7-11-22(25)31)24(33-27)19-8-5-4-6-9-19/h4-13,17,27H,14-15H2,1-3H3,(H,34,39)(H,35,38)/t17-,27-/m1/s1. The van der Waals surface area contributed by atoms with E-state index in [4.69, 9.17) is 9.84 Å². The summed E-state index contributed by atoms with van der Waals surface area (Å²) in [6, 6.07) is 17.4. The van der Waals surface area contributed by atoms with Gasteiger partial charge < -0.3 is 15.4 Å². The van der Waals surface area contributed by atoms with Gasteiger partial charge in [-0.15, -0.1) is 0 Å². The van der Waals surface area contributed by atoms with Crippen LogP contribution >= 0.6 is 0 Å². The maximum Gasteiger partial charge on any atom is 0.269 e. The molecule has 6 rings (SSSR count). The van der Waals surface area contributed by atoms with Gasteiger partial charge in [0.05, 0.1) is 17.5 Å². The van der Waals surface area contributed by atoms with Crippen LogP contribution in [0.1, 0.15) is 46.2 Å². The first-order valence-corrected chi connectivity index (χ1v) is 13.1. The van der Waals surface area contributed by atoms with Crippen LogP contribution in [0.25, 0.3) is 11.3 Å². The average molecular weight is 539 g/mol. The first-order valence-electron chi connectivity index (χ1n) is 13.1. The number of rotatable bonds is 4. The van der Waals surface area contributed by atoms with Gasteiger partial charge in [-0.1, -0.05) is 42.5 Å². The van der Waals surface area contributed by atoms with E-state index >= 15 is 0 Å². The molecule has 4 aromatic rings. The Kier molecular flexibility index (Phi) is 6.37. The summed E-state index contributed by atoms with van der Waals surface area (Å²) >= 11 is 0. The van der Waals surface area contributed by atoms with Crippen molar-refractivity contribution in [3.05, 3.63) is 94.6 Å². The molecule has 2 aromatic carbocycles. The molecule has 0 unspecified atom stereocenters. The number of carbonyl (C=O) groups is 2. The highest BCUT2D eigenvalue weighted by molar-refractivity contribution is 6.20. The van der Waals surface area contributed by atoms with Gasteiger partial charge in [0.25, 0.3) is 11.8 Å². The molecule has 40 heavy (non-hydrogen) atoms. The van der Waals surface area contributed by atoms with Crippen molar-refractivity contribution in [1.29, 1.82) is 0 Å². The summed E-state index contributed by atoms with van der Waals surface area (Å²) in [5.74, 6) is -1.54. The van der Waals surface area contributed by atoms with E-state index in [1.807, 2.05) is 63.2 Å². The highest BCUT2D eigenvalue weighted by Gasteiger charge is 2.34. The molecule has 0 fully saturated rings. The van der Waals surface area contributed by atoms with Gasteiger partial charge in [-0.2, -0.15) is 5.10 Å². The third-order valence-electron chi connectivity index (χ3n) is 7.01. The van der Waals surface area contributed by atoms with Crippen LogP contribution in [0.4, 0.5) is 10.1 Å². The topological polar surface area (TPSA) is 110 Å². The zero-order chi connectivity index (χ0) is 28.0. The number of para-hydroxylation sites is 1. The second-order valence-corrected chi connectivity index (χ2v) is 9.93. The van der Waals surface area contributed by atoms with E-state index in [1.165, 1.54) is 6.07 Å². The largest absolute Gasteiger partial charge is 0.474 e. The second-order valence-electron chi connectivity index (χ2n) is 9.93. The highest BCUT2D eigenvalue weighted by Crippen LogP contribution is 2.35. The van der Waals surface area contributed by atoms with Crippen LogP contribution in [0.3, 0.4) is 0 Å². The third-order valence-corrected chi connectivity index (χ3v) is 7.01. The number of ether oxygens (including phenoxy) is 1. The zero-order valence-corrected chi connectivity index (χ0v) is 22.2. The smallest absolute Gasteiger partial charge is 0.269 e. The van der Waals surface area contributed by atoms with Crippen LogP contribution in [0, 0.1) is 19.7 Å². The number of aromatic nitrogens is 3. The lowest BCUT2D eigenvalue weighted by atomic mass is 10.0. The van der Waals surface area contributed by atoms with Crippen molar-refractivity contribution in [2.45, 2.75) is 46.0 Å². The zero-order valence-electron chi connectivity index (χ0n) is 22.2. The van der Waals surface area contributed by atoms with Crippen LogP contribution in [-0.2, 0) is 11.3 Å². The Balaban J connectivity index is 1.44. The third kappa shape index (κ3) is 4.51. The number of nitrogens with one attached hydrogen (secondary N) is 2. The van der Waals surface area contributed by atoms with E-state index in [1.54, 1.807) is 16.8 Å². The van der Waals surface area contributed by atoms with Gasteiger partial charge in [0.1, 0.15) is 17.1 Å². The number of hydrogen-bond acceptors (Lipinski definition) is 6. The molecular formula is C30H27FN6O3. The van der Waals surface area contributed by atoms with E-state index in [-0.39, 0.29) is 17.4 Å². The average Bonchev–Trinajstić information content (AvgIpc) is 3.23. The monoisotopic (exact) mass is 538 g/mol. The van der Waals surface area contributed by atoms with Crippen LogP contribution in [0.5, 0.6) is 5.88 Å². The molecule has 0 radical (unpaired) electrons. The van der Waals surface area contributed by atoms with E-state index in [9.17, 15) is 14.0 Å². The SMILES string of the molecule is Cc1ccc(-c2nn3c(c2C(=O)N[C@H]2N=C(c4ccccc4)c4cccc(F)c4NC2=O)O[C@H](C)CC3)c(C)n1. The molecule has 9 nitrogen and oxygen atoms in total. The number of aliphatic imine (C=N–C) groups is 1. The van der Waals surface area contributed by atoms with Gasteiger partial charge in [-0.3, -0.25) is 14.6 Å². The molecule has 2 N–H and O–H groups in total. The molecule has 0 spiro atoms. The van der Waals surface area contributed by atoms with Gasteiger partial charge in [-0.05, 0) is 39.0 Å². The number of fused-ring (bicyclic) bond motifs is 2. The van der Waals surface area contributed by atoms with Crippen LogP contribution in [0.2, 0.25) is 0 Å². The minimum Gasteiger partial charge on any atom is -0.474 e. The van der Waals surface area contributed by atoms with E-state index < -0.39 is 23.8 Å². The fourth-order valence-electron chi connectivity index (χ4n) is 5.02. The molecule has 2 aliphatic heterocycles. The van der Waals surface area contributed by atoms with Gasteiger partial charge in [0.2, 0.25) is 12.0 Å². The summed E-state index contributed by atoms with van der Waals surface area (Å²) in [6.07, 6.45) is -0.738. The predicted molar refractivity (Wildman–Crippen MR) is 148 cm³/mol. The summed E-state index contributed by atoms with van der Waals surface area (Å²) in [5, 5.41) is 10.1. The van der Waals surface area contributed by atoms with Gasteiger partial charge in [0.15, 0.2) is 0 Å². The quantitative estimate of drug-likeness (QED) is 0.400. The molecule has 2 atom stereocenters. The number of anilines is 1. The maximum absolute atomic E-state index is 14.9. The van der Waals surface area contributed by atoms with Crippen LogP contribution in [-0.4, -0.2) is 44.6 Å². The molecule has 0 bridgehead atoms. The predicted octanol–water partition coefficient (Wildman–Crippen LogP) is 4.42. The number of halogens is 1. The summed E-state index contributed by atoms with van der Waals surface area (Å²) in [7, 11) is 0. The van der Waals surface area contributed by atoms with E-state index in [2.05, 4.69) is 20.6 Å². The fraction of sp³-hybridized carbons (Fsp3) is 0.233. The molecule has 10 heteroatoms. The number of carbonyl (C=O) groups excluding carboxylic acids is 2. The lowest BCUT2D eigenvalue weighted by Crippen LogP contribution is -2.42. The van der Waals surface area contributed by atoms with E-state index in [0.29, 0.717) is 46.2 Å². The Bertz CT molecular complexity index is 1680. The summed E-state index contributed by atoms with van der Waals surface area (Å²) in [5.41, 5.74) is 4.30. The Morgan fingerprint density at radius 2 is 1.88 bits per heavy atom. The second kappa shape index (κ2) is 10.0. The van der Waals surface area contributed by atoms with Crippen molar-refractivity contribution >= 4 is 23.2 Å². The van der Waals surface area contributed by atoms with Gasteiger partial charge >= 0.3 is 0 Å². The maximum atomic E-state index is 14.9. The number of pyridine rings is 1. The number of amides is 2. The van der Waals surface area contributed by atoms with Crippen molar-refractivity contribution in [1.82, 2.24) is 20.1 Å². The molecule has 0 aliphatic carbocycles. The van der Waals surface area contributed by atoms with Crippen molar-refractivity contribution < 1.29 is 18.7 Å². The van der Waals surface area contributed by atoms with Crippen molar-refractivity contribution in [3.8, 4) is 17.1 Å². The Labute approximate surface area is 230 Å². The Morgan fingerprint density at radius 1 is 1.07 bits per heavy atom. The Hall–Kier alpha value is -4.86. The normalized spacial score (nSPS) is 18.0.